The fraction of sp³-hybridized carbons (Fsp3) is 0. The number of carbonyl (C=O) groups is 1. The van der Waals surface area contributed by atoms with Gasteiger partial charge in [-0.25, -0.2) is 4.79 Å². The molecule has 80 valence electrons. The Kier molecular flexibility index (Phi) is 2.88. The minimum atomic E-state index is -1.03. The zero-order valence-corrected chi connectivity index (χ0v) is 8.98. The van der Waals surface area contributed by atoms with Crippen molar-refractivity contribution in [2.75, 3.05) is 0 Å². The molecule has 0 atom stereocenters. The largest absolute Gasteiger partial charge is 0.478 e. The Morgan fingerprint density at radius 3 is 2.69 bits per heavy atom. The van der Waals surface area contributed by atoms with E-state index in [1.807, 2.05) is 6.07 Å². The minimum Gasteiger partial charge on any atom is -0.478 e. The second kappa shape index (κ2) is 4.33. The number of nitrogens with zero attached hydrogens (tertiary/aromatic N) is 1. The summed E-state index contributed by atoms with van der Waals surface area (Å²) in [5, 5.41) is 9.17. The molecule has 4 heteroatoms. The topological polar surface area (TPSA) is 50.2 Å². The zero-order chi connectivity index (χ0) is 11.5. The highest BCUT2D eigenvalue weighted by atomic mass is 35.5. The van der Waals surface area contributed by atoms with Gasteiger partial charge in [0.15, 0.2) is 0 Å². The highest BCUT2D eigenvalue weighted by Gasteiger charge is 2.09. The summed E-state index contributed by atoms with van der Waals surface area (Å²) < 4.78 is 0. The third kappa shape index (κ3) is 2.04. The van der Waals surface area contributed by atoms with Crippen molar-refractivity contribution in [2.45, 2.75) is 0 Å². The SMILES string of the molecule is O=C(O)c1cc(-c2cccnc2)ccc1Cl. The maximum Gasteiger partial charge on any atom is 0.337 e. The highest BCUT2D eigenvalue weighted by Crippen LogP contribution is 2.24. The lowest BCUT2D eigenvalue weighted by Crippen LogP contribution is -1.97. The molecule has 1 aromatic carbocycles. The molecule has 0 aliphatic heterocycles. The van der Waals surface area contributed by atoms with Crippen LogP contribution < -0.4 is 0 Å². The van der Waals surface area contributed by atoms with Crippen molar-refractivity contribution in [3.8, 4) is 11.1 Å². The maximum absolute atomic E-state index is 10.9. The van der Waals surface area contributed by atoms with Gasteiger partial charge in [0.25, 0.3) is 0 Å². The zero-order valence-electron chi connectivity index (χ0n) is 8.22. The molecular weight excluding hydrogens is 226 g/mol. The van der Waals surface area contributed by atoms with E-state index in [1.54, 1.807) is 36.7 Å². The number of aromatic nitrogens is 1. The average Bonchev–Trinajstić information content (AvgIpc) is 2.30. The second-order valence-corrected chi connectivity index (χ2v) is 3.65. The number of carboxylic acid groups (broad SMARTS) is 1. The van der Waals surface area contributed by atoms with Crippen LogP contribution in [0.1, 0.15) is 10.4 Å². The monoisotopic (exact) mass is 233 g/mol. The number of hydrogen-bond acceptors (Lipinski definition) is 2. The van der Waals surface area contributed by atoms with Crippen molar-refractivity contribution in [2.24, 2.45) is 0 Å². The average molecular weight is 234 g/mol. The van der Waals surface area contributed by atoms with E-state index < -0.39 is 5.97 Å². The number of hydrogen-bond donors (Lipinski definition) is 1. The van der Waals surface area contributed by atoms with Gasteiger partial charge < -0.3 is 5.11 Å². The molecule has 0 bridgehead atoms. The molecule has 0 aliphatic rings. The van der Waals surface area contributed by atoms with Gasteiger partial charge in [-0.2, -0.15) is 0 Å². The lowest BCUT2D eigenvalue weighted by Gasteiger charge is -2.04. The first kappa shape index (κ1) is 10.6. The fourth-order valence-corrected chi connectivity index (χ4v) is 1.60. The summed E-state index contributed by atoms with van der Waals surface area (Å²) in [5.74, 6) is -1.03. The number of pyridine rings is 1. The number of rotatable bonds is 2. The third-order valence-electron chi connectivity index (χ3n) is 2.19. The van der Waals surface area contributed by atoms with E-state index in [0.717, 1.165) is 11.1 Å². The predicted molar refractivity (Wildman–Crippen MR) is 61.6 cm³/mol. The number of carboxylic acids is 1. The van der Waals surface area contributed by atoms with Gasteiger partial charge in [0.2, 0.25) is 0 Å². The van der Waals surface area contributed by atoms with Gasteiger partial charge in [0.05, 0.1) is 10.6 Å². The molecule has 1 heterocycles. The van der Waals surface area contributed by atoms with E-state index in [0.29, 0.717) is 0 Å². The van der Waals surface area contributed by atoms with Crippen LogP contribution in [0.3, 0.4) is 0 Å². The van der Waals surface area contributed by atoms with Crippen molar-refractivity contribution in [3.05, 3.63) is 53.3 Å². The molecule has 16 heavy (non-hydrogen) atoms. The van der Waals surface area contributed by atoms with E-state index in [4.69, 9.17) is 16.7 Å². The van der Waals surface area contributed by atoms with Crippen LogP contribution >= 0.6 is 11.6 Å². The van der Waals surface area contributed by atoms with E-state index in [1.165, 1.54) is 0 Å². The summed E-state index contributed by atoms with van der Waals surface area (Å²) in [6.07, 6.45) is 3.34. The summed E-state index contributed by atoms with van der Waals surface area (Å²) in [7, 11) is 0. The van der Waals surface area contributed by atoms with Crippen molar-refractivity contribution in [3.63, 3.8) is 0 Å². The van der Waals surface area contributed by atoms with E-state index in [-0.39, 0.29) is 10.6 Å². The Balaban J connectivity index is 2.52. The van der Waals surface area contributed by atoms with Crippen LogP contribution in [0.15, 0.2) is 42.7 Å². The summed E-state index contributed by atoms with van der Waals surface area (Å²) in [6, 6.07) is 8.55. The van der Waals surface area contributed by atoms with Crippen molar-refractivity contribution in [1.82, 2.24) is 4.98 Å². The number of halogens is 1. The molecule has 2 aromatic rings. The van der Waals surface area contributed by atoms with E-state index >= 15 is 0 Å². The van der Waals surface area contributed by atoms with Gasteiger partial charge in [0.1, 0.15) is 0 Å². The van der Waals surface area contributed by atoms with Crippen molar-refractivity contribution >= 4 is 17.6 Å². The Bertz CT molecular complexity index is 526. The van der Waals surface area contributed by atoms with Crippen LogP contribution in [-0.2, 0) is 0 Å². The normalized spacial score (nSPS) is 10.1. The van der Waals surface area contributed by atoms with Gasteiger partial charge in [0, 0.05) is 18.0 Å². The summed E-state index contributed by atoms with van der Waals surface area (Å²) in [4.78, 5) is 14.9. The molecule has 2 rings (SSSR count). The lowest BCUT2D eigenvalue weighted by atomic mass is 10.0. The van der Waals surface area contributed by atoms with Gasteiger partial charge in [-0.3, -0.25) is 4.98 Å². The van der Waals surface area contributed by atoms with Crippen LogP contribution in [0, 0.1) is 0 Å². The predicted octanol–water partition coefficient (Wildman–Crippen LogP) is 3.10. The Labute approximate surface area is 97.3 Å². The quantitative estimate of drug-likeness (QED) is 0.867. The molecule has 0 amide bonds. The Morgan fingerprint density at radius 1 is 1.25 bits per heavy atom. The summed E-state index contributed by atoms with van der Waals surface area (Å²) in [6.45, 7) is 0. The maximum atomic E-state index is 10.9. The van der Waals surface area contributed by atoms with Crippen LogP contribution in [0.2, 0.25) is 5.02 Å². The molecule has 0 fully saturated rings. The molecule has 1 N–H and O–H groups in total. The second-order valence-electron chi connectivity index (χ2n) is 3.24. The van der Waals surface area contributed by atoms with Crippen molar-refractivity contribution < 1.29 is 9.90 Å². The first-order chi connectivity index (χ1) is 7.68. The minimum absolute atomic E-state index is 0.100. The van der Waals surface area contributed by atoms with Gasteiger partial charge in [-0.15, -0.1) is 0 Å². The molecule has 0 saturated carbocycles. The third-order valence-corrected chi connectivity index (χ3v) is 2.52. The number of benzene rings is 1. The smallest absolute Gasteiger partial charge is 0.337 e. The van der Waals surface area contributed by atoms with Crippen molar-refractivity contribution in [1.29, 1.82) is 0 Å². The van der Waals surface area contributed by atoms with Gasteiger partial charge >= 0.3 is 5.97 Å². The molecule has 3 nitrogen and oxygen atoms in total. The summed E-state index contributed by atoms with van der Waals surface area (Å²) in [5.41, 5.74) is 1.75. The van der Waals surface area contributed by atoms with Gasteiger partial charge in [-0.1, -0.05) is 23.7 Å². The standard InChI is InChI=1S/C12H8ClNO2/c13-11-4-3-8(6-10(11)12(15)16)9-2-1-5-14-7-9/h1-7H,(H,15,16). The van der Waals surface area contributed by atoms with Crippen LogP contribution in [0.5, 0.6) is 0 Å². The molecule has 0 radical (unpaired) electrons. The van der Waals surface area contributed by atoms with E-state index in [9.17, 15) is 4.79 Å². The number of aromatic carboxylic acids is 1. The first-order valence-electron chi connectivity index (χ1n) is 4.62. The van der Waals surface area contributed by atoms with Gasteiger partial charge in [-0.05, 0) is 23.8 Å². The lowest BCUT2D eigenvalue weighted by molar-refractivity contribution is 0.0697. The molecule has 0 spiro atoms. The molecule has 0 saturated heterocycles. The molecular formula is C12H8ClNO2. The first-order valence-corrected chi connectivity index (χ1v) is 4.99. The summed E-state index contributed by atoms with van der Waals surface area (Å²) >= 11 is 5.78. The Morgan fingerprint density at radius 2 is 2.06 bits per heavy atom. The molecule has 0 unspecified atom stereocenters. The molecule has 1 aromatic heterocycles. The molecule has 0 aliphatic carbocycles. The van der Waals surface area contributed by atoms with Crippen LogP contribution in [0.25, 0.3) is 11.1 Å². The highest BCUT2D eigenvalue weighted by molar-refractivity contribution is 6.33. The van der Waals surface area contributed by atoms with E-state index in [2.05, 4.69) is 4.98 Å². The fourth-order valence-electron chi connectivity index (χ4n) is 1.40. The van der Waals surface area contributed by atoms with Crippen LogP contribution in [-0.4, -0.2) is 16.1 Å². The Hall–Kier alpha value is -1.87. The van der Waals surface area contributed by atoms with Crippen LogP contribution in [0.4, 0.5) is 0 Å².